The van der Waals surface area contributed by atoms with Gasteiger partial charge in [0.05, 0.1) is 25.9 Å². The maximum atomic E-state index is 12.4. The molecule has 33 heavy (non-hydrogen) atoms. The number of methoxy groups -OCH3 is 1. The van der Waals surface area contributed by atoms with Gasteiger partial charge in [0.15, 0.2) is 23.2 Å². The van der Waals surface area contributed by atoms with E-state index in [0.29, 0.717) is 48.3 Å². The minimum absolute atomic E-state index is 0.0639. The van der Waals surface area contributed by atoms with Gasteiger partial charge in [0.1, 0.15) is 11.5 Å². The van der Waals surface area contributed by atoms with Crippen LogP contribution in [-0.2, 0) is 9.63 Å². The second kappa shape index (κ2) is 9.60. The van der Waals surface area contributed by atoms with Crippen molar-refractivity contribution in [3.05, 3.63) is 71.0 Å². The van der Waals surface area contributed by atoms with E-state index in [1.54, 1.807) is 44.4 Å². The van der Waals surface area contributed by atoms with Gasteiger partial charge in [0, 0.05) is 12.5 Å². The Balaban J connectivity index is 1.38. The first-order valence-corrected chi connectivity index (χ1v) is 10.5. The Morgan fingerprint density at radius 3 is 2.70 bits per heavy atom. The molecule has 0 saturated heterocycles. The molecular formula is C25H25N3O5. The molecule has 0 unspecified atom stereocenters. The highest BCUT2D eigenvalue weighted by molar-refractivity contribution is 6.32. The van der Waals surface area contributed by atoms with E-state index in [9.17, 15) is 4.79 Å². The first-order chi connectivity index (χ1) is 15.9. The summed E-state index contributed by atoms with van der Waals surface area (Å²) in [6.07, 6.45) is 3.91. The normalized spacial score (nSPS) is 16.2. The number of fused-ring (bicyclic) bond motifs is 1. The van der Waals surface area contributed by atoms with Crippen LogP contribution in [0.3, 0.4) is 0 Å². The summed E-state index contributed by atoms with van der Waals surface area (Å²) in [5.74, 6) is 2.28. The highest BCUT2D eigenvalue weighted by Gasteiger charge is 2.34. The number of nitrogens with zero attached hydrogens (tertiary/aromatic N) is 2. The minimum Gasteiger partial charge on any atom is -0.493 e. The lowest BCUT2D eigenvalue weighted by Crippen LogP contribution is -2.38. The average Bonchev–Trinajstić information content (AvgIpc) is 3.17. The predicted octanol–water partition coefficient (Wildman–Crippen LogP) is 4.30. The Morgan fingerprint density at radius 1 is 1.09 bits per heavy atom. The smallest absolute Gasteiger partial charge is 0.282 e. The molecule has 8 heteroatoms. The van der Waals surface area contributed by atoms with Gasteiger partial charge in [-0.25, -0.2) is 0 Å². The molecule has 2 aromatic carbocycles. The molecule has 2 aliphatic heterocycles. The third-order valence-corrected chi connectivity index (χ3v) is 4.98. The second-order valence-electron chi connectivity index (χ2n) is 7.60. The van der Waals surface area contributed by atoms with Gasteiger partial charge in [-0.15, -0.1) is 5.06 Å². The number of hydroxylamine groups is 2. The molecule has 2 aromatic rings. The Hall–Kier alpha value is -4.07. The van der Waals surface area contributed by atoms with E-state index in [1.165, 1.54) is 5.06 Å². The fraction of sp³-hybridized carbons (Fsp3) is 0.240. The quantitative estimate of drug-likeness (QED) is 0.479. The van der Waals surface area contributed by atoms with Gasteiger partial charge in [-0.05, 0) is 55.3 Å². The number of carbonyl (C=O) groups excluding carboxylic acids is 1. The van der Waals surface area contributed by atoms with Crippen LogP contribution >= 0.6 is 0 Å². The molecule has 170 valence electrons. The van der Waals surface area contributed by atoms with Crippen molar-refractivity contribution >= 4 is 23.7 Å². The topological polar surface area (TPSA) is 93.4 Å². The van der Waals surface area contributed by atoms with Crippen LogP contribution in [0.25, 0.3) is 6.08 Å². The SMILES string of the molecule is COc1cc(/C=C2\C(=N)N3OC(C)=CC3=NC2=O)ccc1OCCCOc1cccc(C)c1. The molecule has 1 N–H and O–H groups in total. The van der Waals surface area contributed by atoms with Crippen LogP contribution in [0.15, 0.2) is 64.9 Å². The molecule has 2 heterocycles. The second-order valence-corrected chi connectivity index (χ2v) is 7.60. The summed E-state index contributed by atoms with van der Waals surface area (Å²) >= 11 is 0. The summed E-state index contributed by atoms with van der Waals surface area (Å²) in [7, 11) is 1.55. The Bertz CT molecular complexity index is 1180. The molecule has 0 bridgehead atoms. The molecule has 0 aromatic heterocycles. The number of amides is 1. The van der Waals surface area contributed by atoms with Crippen LogP contribution in [0.5, 0.6) is 17.2 Å². The Kier molecular flexibility index (Phi) is 6.44. The molecule has 1 amide bonds. The summed E-state index contributed by atoms with van der Waals surface area (Å²) in [4.78, 5) is 21.9. The maximum Gasteiger partial charge on any atom is 0.282 e. The molecule has 8 nitrogen and oxygen atoms in total. The molecule has 0 atom stereocenters. The standard InChI is InChI=1S/C25H25N3O5/c1-16-6-4-7-19(12-16)31-10-5-11-32-21-9-8-18(15-22(21)30-3)14-20-24(26)28-23(27-25(20)29)13-17(2)33-28/h4,6-9,12-15,26H,5,10-11H2,1-3H3/b20-14+,26-24?. The number of rotatable bonds is 8. The monoisotopic (exact) mass is 447 g/mol. The largest absolute Gasteiger partial charge is 0.493 e. The van der Waals surface area contributed by atoms with Crippen molar-refractivity contribution in [1.82, 2.24) is 5.06 Å². The van der Waals surface area contributed by atoms with E-state index in [-0.39, 0.29) is 11.4 Å². The number of nitrogens with one attached hydrogen (secondary N) is 1. The summed E-state index contributed by atoms with van der Waals surface area (Å²) < 4.78 is 17.1. The summed E-state index contributed by atoms with van der Waals surface area (Å²) in [6.45, 7) is 4.76. The number of ether oxygens (including phenoxy) is 3. The zero-order valence-corrected chi connectivity index (χ0v) is 18.8. The van der Waals surface area contributed by atoms with Gasteiger partial charge in [-0.1, -0.05) is 18.2 Å². The van der Waals surface area contributed by atoms with Gasteiger partial charge in [-0.3, -0.25) is 10.2 Å². The van der Waals surface area contributed by atoms with Crippen molar-refractivity contribution in [1.29, 1.82) is 5.41 Å². The van der Waals surface area contributed by atoms with Crippen LogP contribution < -0.4 is 14.2 Å². The summed E-state index contributed by atoms with van der Waals surface area (Å²) in [6, 6.07) is 13.2. The molecular weight excluding hydrogens is 422 g/mol. The van der Waals surface area contributed by atoms with Crippen molar-refractivity contribution in [2.45, 2.75) is 20.3 Å². The van der Waals surface area contributed by atoms with Crippen molar-refractivity contribution < 1.29 is 23.8 Å². The number of aryl methyl sites for hydroxylation is 1. The number of allylic oxidation sites excluding steroid dienone is 1. The van der Waals surface area contributed by atoms with Crippen molar-refractivity contribution in [2.24, 2.45) is 4.99 Å². The lowest BCUT2D eigenvalue weighted by atomic mass is 10.1. The first kappa shape index (κ1) is 22.1. The average molecular weight is 447 g/mol. The van der Waals surface area contributed by atoms with E-state index in [0.717, 1.165) is 11.3 Å². The van der Waals surface area contributed by atoms with Gasteiger partial charge < -0.3 is 19.0 Å². The lowest BCUT2D eigenvalue weighted by molar-refractivity contribution is -0.114. The van der Waals surface area contributed by atoms with Gasteiger partial charge in [0.25, 0.3) is 5.91 Å². The number of amidine groups is 2. The molecule has 0 saturated carbocycles. The first-order valence-electron chi connectivity index (χ1n) is 10.5. The van der Waals surface area contributed by atoms with Crippen molar-refractivity contribution in [3.8, 4) is 17.2 Å². The highest BCUT2D eigenvalue weighted by Crippen LogP contribution is 2.30. The number of aliphatic imine (C=N–C) groups is 1. The van der Waals surface area contributed by atoms with Crippen LogP contribution in [0, 0.1) is 12.3 Å². The summed E-state index contributed by atoms with van der Waals surface area (Å²) in [5.41, 5.74) is 1.96. The Morgan fingerprint density at radius 2 is 1.91 bits per heavy atom. The molecule has 0 spiro atoms. The van der Waals surface area contributed by atoms with Gasteiger partial charge in [0.2, 0.25) is 0 Å². The maximum absolute atomic E-state index is 12.4. The fourth-order valence-electron chi connectivity index (χ4n) is 3.40. The fourth-order valence-corrected chi connectivity index (χ4v) is 3.40. The predicted molar refractivity (Wildman–Crippen MR) is 125 cm³/mol. The van der Waals surface area contributed by atoms with Crippen LogP contribution in [0.1, 0.15) is 24.5 Å². The number of carbonyl (C=O) groups is 1. The molecule has 0 aliphatic carbocycles. The van der Waals surface area contributed by atoms with E-state index in [1.807, 2.05) is 31.2 Å². The summed E-state index contributed by atoms with van der Waals surface area (Å²) in [5, 5.41) is 9.55. The molecule has 4 rings (SSSR count). The van der Waals surface area contributed by atoms with E-state index in [4.69, 9.17) is 24.5 Å². The van der Waals surface area contributed by atoms with Gasteiger partial charge in [-0.2, -0.15) is 4.99 Å². The number of hydrogen-bond donors (Lipinski definition) is 1. The van der Waals surface area contributed by atoms with Crippen molar-refractivity contribution in [3.63, 3.8) is 0 Å². The van der Waals surface area contributed by atoms with Crippen LogP contribution in [0.2, 0.25) is 0 Å². The number of hydrogen-bond acceptors (Lipinski definition) is 6. The molecule has 0 fully saturated rings. The Labute approximate surface area is 192 Å². The third-order valence-electron chi connectivity index (χ3n) is 4.98. The van der Waals surface area contributed by atoms with Gasteiger partial charge >= 0.3 is 0 Å². The van der Waals surface area contributed by atoms with E-state index < -0.39 is 5.91 Å². The third kappa shape index (κ3) is 5.06. The highest BCUT2D eigenvalue weighted by atomic mass is 16.7. The van der Waals surface area contributed by atoms with Crippen molar-refractivity contribution in [2.75, 3.05) is 20.3 Å². The lowest BCUT2D eigenvalue weighted by Gasteiger charge is -2.23. The molecule has 0 radical (unpaired) electrons. The van der Waals surface area contributed by atoms with Crippen LogP contribution in [0.4, 0.5) is 0 Å². The number of benzene rings is 2. The zero-order chi connectivity index (χ0) is 23.4. The van der Waals surface area contributed by atoms with Crippen LogP contribution in [-0.4, -0.2) is 43.0 Å². The molecule has 2 aliphatic rings. The minimum atomic E-state index is -0.492. The van der Waals surface area contributed by atoms with E-state index >= 15 is 0 Å². The zero-order valence-electron chi connectivity index (χ0n) is 18.8. The van der Waals surface area contributed by atoms with E-state index in [2.05, 4.69) is 4.99 Å².